The predicted octanol–water partition coefficient (Wildman–Crippen LogP) is 0.298. The Morgan fingerprint density at radius 3 is 2.69 bits per heavy atom. The first-order valence-electron chi connectivity index (χ1n) is 5.67. The maximum absolute atomic E-state index is 11.5. The van der Waals surface area contributed by atoms with Crippen molar-refractivity contribution >= 4 is 17.7 Å². The van der Waals surface area contributed by atoms with Crippen LogP contribution in [-0.4, -0.2) is 35.7 Å². The highest BCUT2D eigenvalue weighted by Crippen LogP contribution is 2.18. The maximum atomic E-state index is 11.5. The Bertz CT molecular complexity index is 302. The molecule has 0 bridgehead atoms. The molecule has 5 heteroatoms. The highest BCUT2D eigenvalue weighted by atomic mass is 16.2. The zero-order valence-electron chi connectivity index (χ0n) is 9.78. The monoisotopic (exact) mass is 226 g/mol. The average Bonchev–Trinajstić information content (AvgIpc) is 2.48. The number of amides is 3. The molecule has 5 nitrogen and oxygen atoms in total. The molecular formula is C11H18N2O3. The van der Waals surface area contributed by atoms with Crippen LogP contribution in [0.4, 0.5) is 0 Å². The summed E-state index contributed by atoms with van der Waals surface area (Å²) in [5.41, 5.74) is 0. The van der Waals surface area contributed by atoms with E-state index in [4.69, 9.17) is 0 Å². The molecule has 0 aromatic heterocycles. The SMILES string of the molecule is CCCNC(=O)CCN1C(=O)CC(C)C1=O. The molecule has 0 spiro atoms. The zero-order chi connectivity index (χ0) is 12.1. The van der Waals surface area contributed by atoms with Gasteiger partial charge in [-0.25, -0.2) is 0 Å². The van der Waals surface area contributed by atoms with E-state index in [-0.39, 0.29) is 43.0 Å². The molecule has 1 fully saturated rings. The number of imide groups is 1. The van der Waals surface area contributed by atoms with Gasteiger partial charge in [-0.1, -0.05) is 13.8 Å². The van der Waals surface area contributed by atoms with Gasteiger partial charge < -0.3 is 5.32 Å². The Morgan fingerprint density at radius 1 is 1.50 bits per heavy atom. The fourth-order valence-electron chi connectivity index (χ4n) is 1.65. The van der Waals surface area contributed by atoms with Crippen molar-refractivity contribution in [3.05, 3.63) is 0 Å². The van der Waals surface area contributed by atoms with E-state index in [2.05, 4.69) is 5.32 Å². The maximum Gasteiger partial charge on any atom is 0.232 e. The summed E-state index contributed by atoms with van der Waals surface area (Å²) in [5, 5.41) is 2.71. The van der Waals surface area contributed by atoms with Crippen LogP contribution in [0.3, 0.4) is 0 Å². The lowest BCUT2D eigenvalue weighted by Gasteiger charge is -2.13. The smallest absolute Gasteiger partial charge is 0.232 e. The largest absolute Gasteiger partial charge is 0.356 e. The minimum absolute atomic E-state index is 0.109. The highest BCUT2D eigenvalue weighted by molar-refractivity contribution is 6.03. The molecule has 1 aliphatic heterocycles. The third-order valence-electron chi connectivity index (χ3n) is 2.60. The molecule has 0 saturated carbocycles. The van der Waals surface area contributed by atoms with Gasteiger partial charge in [-0.2, -0.15) is 0 Å². The molecule has 90 valence electrons. The topological polar surface area (TPSA) is 66.5 Å². The van der Waals surface area contributed by atoms with E-state index in [1.165, 1.54) is 4.90 Å². The van der Waals surface area contributed by atoms with Crippen LogP contribution in [0.5, 0.6) is 0 Å². The van der Waals surface area contributed by atoms with Gasteiger partial charge in [0.25, 0.3) is 0 Å². The predicted molar refractivity (Wildman–Crippen MR) is 58.4 cm³/mol. The Morgan fingerprint density at radius 2 is 2.19 bits per heavy atom. The van der Waals surface area contributed by atoms with Crippen molar-refractivity contribution in [2.24, 2.45) is 5.92 Å². The van der Waals surface area contributed by atoms with Gasteiger partial charge in [0.2, 0.25) is 17.7 Å². The van der Waals surface area contributed by atoms with Crippen LogP contribution in [0.2, 0.25) is 0 Å². The summed E-state index contributed by atoms with van der Waals surface area (Å²) in [4.78, 5) is 35.4. The van der Waals surface area contributed by atoms with Crippen molar-refractivity contribution in [2.45, 2.75) is 33.1 Å². The average molecular weight is 226 g/mol. The summed E-state index contributed by atoms with van der Waals surface area (Å²) in [6, 6.07) is 0. The third kappa shape index (κ3) is 3.05. The summed E-state index contributed by atoms with van der Waals surface area (Å²) in [6.07, 6.45) is 1.35. The van der Waals surface area contributed by atoms with Gasteiger partial charge in [0.15, 0.2) is 0 Å². The van der Waals surface area contributed by atoms with Crippen molar-refractivity contribution in [1.29, 1.82) is 0 Å². The fourth-order valence-corrected chi connectivity index (χ4v) is 1.65. The van der Waals surface area contributed by atoms with Gasteiger partial charge >= 0.3 is 0 Å². The second-order valence-corrected chi connectivity index (χ2v) is 4.09. The summed E-state index contributed by atoms with van der Waals surface area (Å²) < 4.78 is 0. The van der Waals surface area contributed by atoms with Crippen molar-refractivity contribution in [3.8, 4) is 0 Å². The molecular weight excluding hydrogens is 208 g/mol. The van der Waals surface area contributed by atoms with Gasteiger partial charge in [-0.15, -0.1) is 0 Å². The van der Waals surface area contributed by atoms with Crippen LogP contribution in [-0.2, 0) is 14.4 Å². The Balaban J connectivity index is 2.35. The molecule has 16 heavy (non-hydrogen) atoms. The van der Waals surface area contributed by atoms with Gasteiger partial charge in [-0.3, -0.25) is 19.3 Å². The summed E-state index contributed by atoms with van der Waals surface area (Å²) in [6.45, 7) is 4.54. The first-order chi connectivity index (χ1) is 7.56. The number of likely N-dealkylation sites (tertiary alicyclic amines) is 1. The van der Waals surface area contributed by atoms with Crippen molar-refractivity contribution in [1.82, 2.24) is 10.2 Å². The van der Waals surface area contributed by atoms with E-state index in [0.29, 0.717) is 6.54 Å². The van der Waals surface area contributed by atoms with E-state index in [1.54, 1.807) is 6.92 Å². The van der Waals surface area contributed by atoms with Crippen molar-refractivity contribution in [2.75, 3.05) is 13.1 Å². The Kier molecular flexibility index (Phi) is 4.46. The molecule has 1 heterocycles. The Hall–Kier alpha value is -1.39. The Labute approximate surface area is 95.2 Å². The number of hydrogen-bond donors (Lipinski definition) is 1. The van der Waals surface area contributed by atoms with Gasteiger partial charge in [-0.05, 0) is 6.42 Å². The van der Waals surface area contributed by atoms with Gasteiger partial charge in [0.05, 0.1) is 0 Å². The third-order valence-corrected chi connectivity index (χ3v) is 2.60. The summed E-state index contributed by atoms with van der Waals surface area (Å²) >= 11 is 0. The van der Waals surface area contributed by atoms with Gasteiger partial charge in [0, 0.05) is 31.8 Å². The van der Waals surface area contributed by atoms with E-state index in [1.807, 2.05) is 6.92 Å². The number of rotatable bonds is 5. The summed E-state index contributed by atoms with van der Waals surface area (Å²) in [5.74, 6) is -0.665. The van der Waals surface area contributed by atoms with E-state index < -0.39 is 0 Å². The van der Waals surface area contributed by atoms with E-state index >= 15 is 0 Å². The molecule has 0 radical (unpaired) electrons. The first kappa shape index (κ1) is 12.7. The standard InChI is InChI=1S/C11H18N2O3/c1-3-5-12-9(14)4-6-13-10(15)7-8(2)11(13)16/h8H,3-7H2,1-2H3,(H,12,14). The quantitative estimate of drug-likeness (QED) is 0.685. The lowest BCUT2D eigenvalue weighted by Crippen LogP contribution is -2.35. The van der Waals surface area contributed by atoms with Crippen LogP contribution in [0, 0.1) is 5.92 Å². The summed E-state index contributed by atoms with van der Waals surface area (Å²) in [7, 11) is 0. The normalized spacial score (nSPS) is 20.4. The number of nitrogens with one attached hydrogen (secondary N) is 1. The number of hydrogen-bond acceptors (Lipinski definition) is 3. The van der Waals surface area contributed by atoms with E-state index in [0.717, 1.165) is 6.42 Å². The van der Waals surface area contributed by atoms with Crippen molar-refractivity contribution < 1.29 is 14.4 Å². The molecule has 1 aliphatic rings. The highest BCUT2D eigenvalue weighted by Gasteiger charge is 2.35. The number of carbonyl (C=O) groups excluding carboxylic acids is 3. The molecule has 3 amide bonds. The molecule has 1 rings (SSSR count). The van der Waals surface area contributed by atoms with Crippen LogP contribution in [0.25, 0.3) is 0 Å². The number of nitrogens with zero attached hydrogens (tertiary/aromatic N) is 1. The van der Waals surface area contributed by atoms with Crippen LogP contribution in [0.15, 0.2) is 0 Å². The zero-order valence-corrected chi connectivity index (χ0v) is 9.78. The minimum atomic E-state index is -0.230. The fraction of sp³-hybridized carbons (Fsp3) is 0.727. The second kappa shape index (κ2) is 5.63. The molecule has 1 unspecified atom stereocenters. The molecule has 0 aromatic carbocycles. The lowest BCUT2D eigenvalue weighted by atomic mass is 10.1. The second-order valence-electron chi connectivity index (χ2n) is 4.09. The van der Waals surface area contributed by atoms with E-state index in [9.17, 15) is 14.4 Å². The first-order valence-corrected chi connectivity index (χ1v) is 5.67. The van der Waals surface area contributed by atoms with Crippen molar-refractivity contribution in [3.63, 3.8) is 0 Å². The molecule has 1 N–H and O–H groups in total. The minimum Gasteiger partial charge on any atom is -0.356 e. The molecule has 0 aliphatic carbocycles. The lowest BCUT2D eigenvalue weighted by molar-refractivity contribution is -0.139. The molecule has 1 saturated heterocycles. The molecule has 1 atom stereocenters. The number of carbonyl (C=O) groups is 3. The van der Waals surface area contributed by atoms with Crippen LogP contribution < -0.4 is 5.32 Å². The van der Waals surface area contributed by atoms with Gasteiger partial charge in [0.1, 0.15) is 0 Å². The van der Waals surface area contributed by atoms with Crippen LogP contribution >= 0.6 is 0 Å². The van der Waals surface area contributed by atoms with Crippen LogP contribution in [0.1, 0.15) is 33.1 Å². The molecule has 0 aromatic rings.